The highest BCUT2D eigenvalue weighted by Gasteiger charge is 2.28. The Morgan fingerprint density at radius 2 is 1.94 bits per heavy atom. The number of amides is 2. The van der Waals surface area contributed by atoms with Crippen LogP contribution in [0.1, 0.15) is 32.6 Å². The lowest BCUT2D eigenvalue weighted by Gasteiger charge is -2.30. The van der Waals surface area contributed by atoms with Crippen molar-refractivity contribution in [1.29, 1.82) is 0 Å². The number of piperidine rings is 1. The summed E-state index contributed by atoms with van der Waals surface area (Å²) in [6.07, 6.45) is 2.35. The number of sulfone groups is 1. The van der Waals surface area contributed by atoms with Gasteiger partial charge in [-0.3, -0.25) is 14.4 Å². The Hall–Kier alpha value is -2.53. The summed E-state index contributed by atoms with van der Waals surface area (Å²) in [6.45, 7) is 3.07. The van der Waals surface area contributed by atoms with E-state index in [0.29, 0.717) is 47.9 Å². The third-order valence-electron chi connectivity index (χ3n) is 5.07. The number of anilines is 1. The van der Waals surface area contributed by atoms with E-state index in [0.717, 1.165) is 6.26 Å². The fraction of sp³-hybridized carbons (Fsp3) is 0.500. The number of nitrogens with zero attached hydrogens (tertiary/aromatic N) is 2. The van der Waals surface area contributed by atoms with Crippen molar-refractivity contribution in [3.63, 3.8) is 0 Å². The molecular formula is C20H25N3O6S2. The van der Waals surface area contributed by atoms with Gasteiger partial charge in [-0.15, -0.1) is 0 Å². The van der Waals surface area contributed by atoms with Crippen LogP contribution in [0.25, 0.3) is 10.2 Å². The second kappa shape index (κ2) is 9.73. The summed E-state index contributed by atoms with van der Waals surface area (Å²) in [5.41, 5.74) is 0.591. The fourth-order valence-electron chi connectivity index (χ4n) is 3.37. The van der Waals surface area contributed by atoms with Gasteiger partial charge in [0.1, 0.15) is 0 Å². The molecule has 0 atom stereocenters. The molecule has 0 bridgehead atoms. The summed E-state index contributed by atoms with van der Waals surface area (Å²) < 4.78 is 29.0. The topological polar surface area (TPSA) is 123 Å². The Morgan fingerprint density at radius 1 is 1.23 bits per heavy atom. The summed E-state index contributed by atoms with van der Waals surface area (Å²) in [7, 11) is -3.32. The Bertz CT molecular complexity index is 1090. The molecule has 9 nitrogen and oxygen atoms in total. The SMILES string of the molecule is CCOC(=O)C1CCN(C(=O)CCC(=O)Nc2nc3ccc(S(C)(=O)=O)cc3s2)CC1. The number of likely N-dealkylation sites (tertiary alicyclic amines) is 1. The minimum absolute atomic E-state index is 0.0150. The molecule has 3 rings (SSSR count). The molecule has 2 aromatic rings. The van der Waals surface area contributed by atoms with Crippen molar-refractivity contribution >= 4 is 54.3 Å². The molecule has 168 valence electrons. The van der Waals surface area contributed by atoms with E-state index in [2.05, 4.69) is 10.3 Å². The van der Waals surface area contributed by atoms with Crippen LogP contribution < -0.4 is 5.32 Å². The van der Waals surface area contributed by atoms with Crippen LogP contribution in [0.4, 0.5) is 5.13 Å². The maximum absolute atomic E-state index is 12.4. The molecule has 1 N–H and O–H groups in total. The summed E-state index contributed by atoms with van der Waals surface area (Å²) in [5.74, 6) is -0.847. The Kier molecular flexibility index (Phi) is 7.26. The van der Waals surface area contributed by atoms with E-state index in [9.17, 15) is 22.8 Å². The van der Waals surface area contributed by atoms with E-state index in [1.54, 1.807) is 17.9 Å². The molecule has 1 aliphatic rings. The van der Waals surface area contributed by atoms with Gasteiger partial charge in [0.05, 0.1) is 27.6 Å². The summed E-state index contributed by atoms with van der Waals surface area (Å²) in [5, 5.41) is 3.03. The van der Waals surface area contributed by atoms with Crippen molar-refractivity contribution in [3.8, 4) is 0 Å². The van der Waals surface area contributed by atoms with Crippen molar-refractivity contribution in [2.75, 3.05) is 31.3 Å². The van der Waals surface area contributed by atoms with Gasteiger partial charge >= 0.3 is 5.97 Å². The number of hydrogen-bond donors (Lipinski definition) is 1. The van der Waals surface area contributed by atoms with Gasteiger partial charge in [-0.05, 0) is 38.0 Å². The van der Waals surface area contributed by atoms with Crippen molar-refractivity contribution in [1.82, 2.24) is 9.88 Å². The summed E-state index contributed by atoms with van der Waals surface area (Å²) in [4.78, 5) is 42.6. The van der Waals surface area contributed by atoms with E-state index in [4.69, 9.17) is 4.74 Å². The highest BCUT2D eigenvalue weighted by atomic mass is 32.2. The number of hydrogen-bond acceptors (Lipinski definition) is 8. The van der Waals surface area contributed by atoms with Crippen LogP contribution in [-0.4, -0.2) is 62.0 Å². The van der Waals surface area contributed by atoms with Gasteiger partial charge in [-0.1, -0.05) is 11.3 Å². The molecule has 0 saturated carbocycles. The van der Waals surface area contributed by atoms with Gasteiger partial charge < -0.3 is 15.0 Å². The monoisotopic (exact) mass is 467 g/mol. The molecule has 31 heavy (non-hydrogen) atoms. The van der Waals surface area contributed by atoms with Crippen LogP contribution >= 0.6 is 11.3 Å². The van der Waals surface area contributed by atoms with Crippen LogP contribution in [-0.2, 0) is 29.0 Å². The third-order valence-corrected chi connectivity index (χ3v) is 7.11. The highest BCUT2D eigenvalue weighted by Crippen LogP contribution is 2.28. The van der Waals surface area contributed by atoms with E-state index in [1.165, 1.54) is 23.5 Å². The van der Waals surface area contributed by atoms with Gasteiger partial charge in [0.2, 0.25) is 11.8 Å². The first kappa shape index (κ1) is 23.1. The highest BCUT2D eigenvalue weighted by molar-refractivity contribution is 7.90. The van der Waals surface area contributed by atoms with Crippen molar-refractivity contribution in [2.45, 2.75) is 37.5 Å². The van der Waals surface area contributed by atoms with Crippen molar-refractivity contribution in [3.05, 3.63) is 18.2 Å². The van der Waals surface area contributed by atoms with E-state index in [-0.39, 0.29) is 41.4 Å². The third kappa shape index (κ3) is 6.01. The molecule has 1 aliphatic heterocycles. The Balaban J connectivity index is 1.49. The van der Waals surface area contributed by atoms with E-state index in [1.807, 2.05) is 0 Å². The number of benzene rings is 1. The lowest BCUT2D eigenvalue weighted by atomic mass is 9.96. The number of fused-ring (bicyclic) bond motifs is 1. The first-order chi connectivity index (χ1) is 14.7. The normalized spacial score (nSPS) is 15.1. The predicted octanol–water partition coefficient (Wildman–Crippen LogP) is 2.22. The molecule has 2 amide bonds. The average Bonchev–Trinajstić information content (AvgIpc) is 3.13. The maximum Gasteiger partial charge on any atom is 0.309 e. The van der Waals surface area contributed by atoms with E-state index >= 15 is 0 Å². The van der Waals surface area contributed by atoms with Crippen LogP contribution in [0.3, 0.4) is 0 Å². The zero-order valence-electron chi connectivity index (χ0n) is 17.4. The predicted molar refractivity (Wildman–Crippen MR) is 117 cm³/mol. The summed E-state index contributed by atoms with van der Waals surface area (Å²) >= 11 is 1.18. The van der Waals surface area contributed by atoms with Crippen LogP contribution in [0.15, 0.2) is 23.1 Å². The minimum Gasteiger partial charge on any atom is -0.466 e. The lowest BCUT2D eigenvalue weighted by Crippen LogP contribution is -2.40. The molecule has 1 aromatic carbocycles. The Morgan fingerprint density at radius 3 is 2.58 bits per heavy atom. The largest absolute Gasteiger partial charge is 0.466 e. The zero-order valence-corrected chi connectivity index (χ0v) is 19.1. The number of nitrogens with one attached hydrogen (secondary N) is 1. The van der Waals surface area contributed by atoms with E-state index < -0.39 is 9.84 Å². The van der Waals surface area contributed by atoms with Gasteiger partial charge in [0.25, 0.3) is 0 Å². The number of aromatic nitrogens is 1. The first-order valence-corrected chi connectivity index (χ1v) is 12.7. The van der Waals surface area contributed by atoms with Crippen LogP contribution in [0.2, 0.25) is 0 Å². The molecule has 1 saturated heterocycles. The second-order valence-electron chi connectivity index (χ2n) is 7.38. The molecule has 0 spiro atoms. The number of rotatable bonds is 7. The van der Waals surface area contributed by atoms with Gasteiger partial charge in [-0.25, -0.2) is 13.4 Å². The van der Waals surface area contributed by atoms with Gasteiger partial charge in [-0.2, -0.15) is 0 Å². The quantitative estimate of drug-likeness (QED) is 0.619. The number of carbonyl (C=O) groups excluding carboxylic acids is 3. The standard InChI is InChI=1S/C20H25N3O6S2/c1-3-29-19(26)13-8-10-23(11-9-13)18(25)7-6-17(24)22-20-21-15-5-4-14(31(2,27)28)12-16(15)30-20/h4-5,12-13H,3,6-11H2,1-2H3,(H,21,22,24). The maximum atomic E-state index is 12.4. The van der Waals surface area contributed by atoms with Gasteiger partial charge in [0, 0.05) is 32.2 Å². The molecule has 1 aromatic heterocycles. The molecular weight excluding hydrogens is 442 g/mol. The molecule has 0 unspecified atom stereocenters. The number of thiazole rings is 1. The van der Waals surface area contributed by atoms with Crippen LogP contribution in [0, 0.1) is 5.92 Å². The van der Waals surface area contributed by atoms with Crippen molar-refractivity contribution < 1.29 is 27.5 Å². The number of esters is 1. The second-order valence-corrected chi connectivity index (χ2v) is 10.4. The summed E-state index contributed by atoms with van der Waals surface area (Å²) in [6, 6.07) is 4.61. The van der Waals surface area contributed by atoms with Crippen LogP contribution in [0.5, 0.6) is 0 Å². The minimum atomic E-state index is -3.32. The Labute approximate surface area is 184 Å². The lowest BCUT2D eigenvalue weighted by molar-refractivity contribution is -0.151. The first-order valence-electron chi connectivity index (χ1n) is 10.0. The molecule has 11 heteroatoms. The zero-order chi connectivity index (χ0) is 22.6. The average molecular weight is 468 g/mol. The smallest absolute Gasteiger partial charge is 0.309 e. The fourth-order valence-corrected chi connectivity index (χ4v) is 5.02. The molecule has 0 radical (unpaired) electrons. The molecule has 0 aliphatic carbocycles. The number of ether oxygens (including phenoxy) is 1. The molecule has 2 heterocycles. The number of carbonyl (C=O) groups is 3. The van der Waals surface area contributed by atoms with Gasteiger partial charge in [0.15, 0.2) is 15.0 Å². The molecule has 1 fully saturated rings. The van der Waals surface area contributed by atoms with Crippen molar-refractivity contribution in [2.24, 2.45) is 5.92 Å².